The maximum absolute atomic E-state index is 9.33. The molecule has 0 atom stereocenters. The van der Waals surface area contributed by atoms with Crippen molar-refractivity contribution in [3.8, 4) is 11.5 Å². The van der Waals surface area contributed by atoms with E-state index < -0.39 is 0 Å². The van der Waals surface area contributed by atoms with E-state index in [0.717, 1.165) is 17.9 Å². The summed E-state index contributed by atoms with van der Waals surface area (Å²) in [5.74, 6) is 8.21. The van der Waals surface area contributed by atoms with Gasteiger partial charge < -0.3 is 25.3 Å². The lowest BCUT2D eigenvalue weighted by atomic mass is 9.78. The third-order valence-electron chi connectivity index (χ3n) is 5.46. The van der Waals surface area contributed by atoms with Gasteiger partial charge in [0.1, 0.15) is 11.5 Å². The number of alkyl halides is 1. The zero-order valence-electron chi connectivity index (χ0n) is 19.3. The van der Waals surface area contributed by atoms with Gasteiger partial charge in [-0.1, -0.05) is 38.1 Å². The Labute approximate surface area is 196 Å². The number of aliphatic hydroxyl groups excluding tert-OH is 1. The van der Waals surface area contributed by atoms with Gasteiger partial charge in [-0.2, -0.15) is 0 Å². The van der Waals surface area contributed by atoms with Crippen molar-refractivity contribution < 1.29 is 14.6 Å². The minimum Gasteiger partial charge on any atom is -0.494 e. The van der Waals surface area contributed by atoms with Crippen molar-refractivity contribution in [1.82, 2.24) is 5.01 Å². The van der Waals surface area contributed by atoms with Crippen molar-refractivity contribution in [2.75, 3.05) is 32.2 Å². The van der Waals surface area contributed by atoms with Crippen molar-refractivity contribution in [2.24, 2.45) is 11.6 Å². The monoisotopic (exact) mass is 461 g/mol. The lowest BCUT2D eigenvalue weighted by molar-refractivity contribution is 0.230. The molecule has 0 aromatic heterocycles. The second-order valence-corrected chi connectivity index (χ2v) is 8.63. The largest absolute Gasteiger partial charge is 0.494 e. The molecule has 0 saturated carbocycles. The van der Waals surface area contributed by atoms with Crippen LogP contribution in [0.4, 0.5) is 0 Å². The van der Waals surface area contributed by atoms with Crippen LogP contribution in [0, 0.1) is 0 Å². The number of allylic oxidation sites excluding steroid dienone is 1. The number of hydrogen-bond acceptors (Lipinski definition) is 6. The quantitative estimate of drug-likeness (QED) is 0.179. The van der Waals surface area contributed by atoms with Crippen molar-refractivity contribution in [2.45, 2.75) is 39.0 Å². The third-order valence-corrected chi connectivity index (χ3v) is 5.73. The number of ether oxygens (including phenoxy) is 2. The molecule has 2 aromatic carbocycles. The Morgan fingerprint density at radius 3 is 1.81 bits per heavy atom. The highest BCUT2D eigenvalue weighted by atomic mass is 35.5. The second kappa shape index (κ2) is 12.6. The Bertz CT molecular complexity index is 848. The first-order valence-electron chi connectivity index (χ1n) is 10.9. The molecule has 6 nitrogen and oxygen atoms in total. The lowest BCUT2D eigenvalue weighted by Crippen LogP contribution is -2.35. The summed E-state index contributed by atoms with van der Waals surface area (Å²) in [6.45, 7) is 7.63. The first kappa shape index (κ1) is 25.8. The lowest BCUT2D eigenvalue weighted by Gasteiger charge is -2.26. The molecule has 0 aliphatic rings. The van der Waals surface area contributed by atoms with Crippen LogP contribution < -0.4 is 21.1 Å². The van der Waals surface area contributed by atoms with Crippen LogP contribution in [0.3, 0.4) is 0 Å². The molecule has 0 heterocycles. The number of benzene rings is 2. The summed E-state index contributed by atoms with van der Waals surface area (Å²) in [5.41, 5.74) is 9.03. The Kier molecular flexibility index (Phi) is 10.2. The van der Waals surface area contributed by atoms with E-state index in [4.69, 9.17) is 32.7 Å². The standard InChI is InChI=1S/C25H36ClN3O3/c1-19(27)24(18-30)29(28)15-5-17-32-23-12-8-21(9-13-23)25(2,3)20-6-10-22(11-7-20)31-16-4-14-26/h6-13,30H,4-5,14-18,27-28H2,1-3H3/b24-19-. The van der Waals surface area contributed by atoms with E-state index in [1.807, 2.05) is 24.3 Å². The van der Waals surface area contributed by atoms with Crippen LogP contribution in [0.1, 0.15) is 44.7 Å². The highest BCUT2D eigenvalue weighted by Gasteiger charge is 2.23. The average Bonchev–Trinajstić information content (AvgIpc) is 2.78. The summed E-state index contributed by atoms with van der Waals surface area (Å²) < 4.78 is 11.5. The van der Waals surface area contributed by atoms with Gasteiger partial charge in [0.2, 0.25) is 0 Å². The molecule has 0 aliphatic heterocycles. The summed E-state index contributed by atoms with van der Waals surface area (Å²) in [5, 5.41) is 10.8. The molecule has 0 aliphatic carbocycles. The van der Waals surface area contributed by atoms with Crippen LogP contribution in [0.5, 0.6) is 11.5 Å². The Hall–Kier alpha value is -2.41. The molecule has 0 saturated heterocycles. The third kappa shape index (κ3) is 7.33. The number of hydrazine groups is 1. The van der Waals surface area contributed by atoms with Crippen LogP contribution in [0.15, 0.2) is 59.9 Å². The molecule has 176 valence electrons. The van der Waals surface area contributed by atoms with E-state index in [-0.39, 0.29) is 12.0 Å². The van der Waals surface area contributed by atoms with Gasteiger partial charge in [0.25, 0.3) is 0 Å². The first-order chi connectivity index (χ1) is 15.3. The fourth-order valence-electron chi connectivity index (χ4n) is 3.35. The molecular formula is C25H36ClN3O3. The molecular weight excluding hydrogens is 426 g/mol. The van der Waals surface area contributed by atoms with E-state index in [0.29, 0.717) is 43.5 Å². The van der Waals surface area contributed by atoms with Gasteiger partial charge in [-0.15, -0.1) is 11.6 Å². The smallest absolute Gasteiger partial charge is 0.119 e. The van der Waals surface area contributed by atoms with Crippen molar-refractivity contribution in [1.29, 1.82) is 0 Å². The normalized spacial score (nSPS) is 12.3. The van der Waals surface area contributed by atoms with E-state index in [9.17, 15) is 5.11 Å². The van der Waals surface area contributed by atoms with Crippen LogP contribution in [-0.2, 0) is 5.41 Å². The highest BCUT2D eigenvalue weighted by molar-refractivity contribution is 6.17. The molecule has 0 fully saturated rings. The maximum atomic E-state index is 9.33. The first-order valence-corrected chi connectivity index (χ1v) is 11.4. The molecule has 0 bridgehead atoms. The van der Waals surface area contributed by atoms with E-state index in [2.05, 4.69) is 38.1 Å². The zero-order valence-corrected chi connectivity index (χ0v) is 20.1. The molecule has 0 radical (unpaired) electrons. The number of rotatable bonds is 13. The van der Waals surface area contributed by atoms with Crippen molar-refractivity contribution in [3.63, 3.8) is 0 Å². The molecule has 0 spiro atoms. The molecule has 0 amide bonds. The minimum absolute atomic E-state index is 0.152. The molecule has 2 aromatic rings. The number of nitrogens with two attached hydrogens (primary N) is 2. The molecule has 5 N–H and O–H groups in total. The number of aliphatic hydroxyl groups is 1. The summed E-state index contributed by atoms with van der Waals surface area (Å²) in [7, 11) is 0. The molecule has 7 heteroatoms. The Morgan fingerprint density at radius 2 is 1.41 bits per heavy atom. The van der Waals surface area contributed by atoms with Crippen molar-refractivity contribution >= 4 is 11.6 Å². The number of hydrogen-bond donors (Lipinski definition) is 3. The topological polar surface area (TPSA) is 94.0 Å². The zero-order chi connectivity index (χ0) is 23.6. The van der Waals surface area contributed by atoms with E-state index >= 15 is 0 Å². The second-order valence-electron chi connectivity index (χ2n) is 8.25. The summed E-state index contributed by atoms with van der Waals surface area (Å²) in [4.78, 5) is 0. The summed E-state index contributed by atoms with van der Waals surface area (Å²) in [6.07, 6.45) is 1.54. The average molecular weight is 462 g/mol. The fourth-order valence-corrected chi connectivity index (χ4v) is 3.46. The predicted octanol–water partition coefficient (Wildman–Crippen LogP) is 4.15. The Morgan fingerprint density at radius 1 is 0.938 bits per heavy atom. The fraction of sp³-hybridized carbons (Fsp3) is 0.440. The van der Waals surface area contributed by atoms with Gasteiger partial charge in [0.15, 0.2) is 0 Å². The van der Waals surface area contributed by atoms with Gasteiger partial charge in [-0.05, 0) is 48.7 Å². The van der Waals surface area contributed by atoms with E-state index in [1.165, 1.54) is 16.1 Å². The van der Waals surface area contributed by atoms with Gasteiger partial charge >= 0.3 is 0 Å². The van der Waals surface area contributed by atoms with E-state index in [1.54, 1.807) is 6.92 Å². The van der Waals surface area contributed by atoms with Crippen LogP contribution in [0.25, 0.3) is 0 Å². The minimum atomic E-state index is -0.180. The molecule has 32 heavy (non-hydrogen) atoms. The summed E-state index contributed by atoms with van der Waals surface area (Å²) >= 11 is 5.70. The van der Waals surface area contributed by atoms with Gasteiger partial charge in [-0.25, -0.2) is 5.84 Å². The molecule has 0 unspecified atom stereocenters. The predicted molar refractivity (Wildman–Crippen MR) is 131 cm³/mol. The van der Waals surface area contributed by atoms with Crippen LogP contribution in [0.2, 0.25) is 0 Å². The molecule has 2 rings (SSSR count). The summed E-state index contributed by atoms with van der Waals surface area (Å²) in [6, 6.07) is 16.4. The van der Waals surface area contributed by atoms with Gasteiger partial charge in [0, 0.05) is 30.0 Å². The number of nitrogens with zero attached hydrogens (tertiary/aromatic N) is 1. The SMILES string of the molecule is C/C(N)=C(\CO)N(N)CCCOc1ccc(C(C)(C)c2ccc(OCCCCl)cc2)cc1. The van der Waals surface area contributed by atoms with Crippen LogP contribution >= 0.6 is 11.6 Å². The Balaban J connectivity index is 1.90. The van der Waals surface area contributed by atoms with Crippen LogP contribution in [-0.4, -0.2) is 42.4 Å². The maximum Gasteiger partial charge on any atom is 0.119 e. The highest BCUT2D eigenvalue weighted by Crippen LogP contribution is 2.33. The van der Waals surface area contributed by atoms with Crippen molar-refractivity contribution in [3.05, 3.63) is 71.1 Å². The van der Waals surface area contributed by atoms with Gasteiger partial charge in [-0.3, -0.25) is 0 Å². The number of halogens is 1. The van der Waals surface area contributed by atoms with Gasteiger partial charge in [0.05, 0.1) is 25.5 Å².